The lowest BCUT2D eigenvalue weighted by molar-refractivity contribution is -0.115. The van der Waals surface area contributed by atoms with Crippen molar-refractivity contribution >= 4 is 11.7 Å². The molecule has 0 aliphatic carbocycles. The Kier molecular flexibility index (Phi) is 5.02. The molecule has 5 nitrogen and oxygen atoms in total. The van der Waals surface area contributed by atoms with Gasteiger partial charge in [-0.05, 0) is 30.7 Å². The smallest absolute Gasteiger partial charge is 0.231 e. The Morgan fingerprint density at radius 1 is 1.33 bits per heavy atom. The average Bonchev–Trinajstić information content (AvgIpc) is 2.48. The fourth-order valence-corrected chi connectivity index (χ4v) is 1.76. The summed E-state index contributed by atoms with van der Waals surface area (Å²) in [5.41, 5.74) is 2.40. The van der Waals surface area contributed by atoms with Crippen molar-refractivity contribution in [2.45, 2.75) is 13.3 Å². The van der Waals surface area contributed by atoms with Crippen LogP contribution in [0.5, 0.6) is 0 Å². The van der Waals surface area contributed by atoms with Crippen LogP contribution in [0.3, 0.4) is 0 Å². The van der Waals surface area contributed by atoms with E-state index in [4.69, 9.17) is 5.11 Å². The fraction of sp³-hybridized carbons (Fsp3) is 0.188. The molecule has 2 rings (SSSR count). The molecule has 2 aromatic heterocycles. The number of hydrogen-bond acceptors (Lipinski definition) is 4. The molecule has 0 aromatic carbocycles. The highest BCUT2D eigenvalue weighted by Gasteiger charge is 2.08. The molecular formula is C16H15N3O2. The lowest BCUT2D eigenvalue weighted by Crippen LogP contribution is -2.16. The lowest BCUT2D eigenvalue weighted by atomic mass is 10.1. The number of hydrogen-bond donors (Lipinski definition) is 2. The molecule has 106 valence electrons. The number of aryl methyl sites for hydroxylation is 1. The second-order valence-electron chi connectivity index (χ2n) is 4.38. The Morgan fingerprint density at radius 2 is 2.19 bits per heavy atom. The number of aromatic nitrogens is 2. The van der Waals surface area contributed by atoms with Gasteiger partial charge >= 0.3 is 0 Å². The first-order valence-electron chi connectivity index (χ1n) is 6.45. The molecule has 1 amide bonds. The summed E-state index contributed by atoms with van der Waals surface area (Å²) < 4.78 is 0. The number of rotatable bonds is 3. The van der Waals surface area contributed by atoms with Crippen LogP contribution in [0.15, 0.2) is 36.7 Å². The molecule has 2 aromatic rings. The van der Waals surface area contributed by atoms with Crippen LogP contribution >= 0.6 is 0 Å². The number of carbonyl (C=O) groups excluding carboxylic acids is 1. The molecule has 0 unspecified atom stereocenters. The third kappa shape index (κ3) is 4.41. The highest BCUT2D eigenvalue weighted by Crippen LogP contribution is 2.08. The molecular weight excluding hydrogens is 266 g/mol. The van der Waals surface area contributed by atoms with Gasteiger partial charge in [-0.1, -0.05) is 17.9 Å². The van der Waals surface area contributed by atoms with E-state index in [-0.39, 0.29) is 18.9 Å². The second kappa shape index (κ2) is 7.17. The fourth-order valence-electron chi connectivity index (χ4n) is 1.76. The second-order valence-corrected chi connectivity index (χ2v) is 4.38. The van der Waals surface area contributed by atoms with Gasteiger partial charge in [0.05, 0.1) is 12.1 Å². The van der Waals surface area contributed by atoms with Gasteiger partial charge in [0.2, 0.25) is 5.91 Å². The van der Waals surface area contributed by atoms with E-state index in [2.05, 4.69) is 27.1 Å². The predicted molar refractivity (Wildman–Crippen MR) is 79.5 cm³/mol. The quantitative estimate of drug-likeness (QED) is 0.832. The van der Waals surface area contributed by atoms with Crippen LogP contribution in [0.2, 0.25) is 0 Å². The van der Waals surface area contributed by atoms with E-state index in [1.807, 2.05) is 19.1 Å². The van der Waals surface area contributed by atoms with E-state index in [0.717, 1.165) is 11.3 Å². The maximum atomic E-state index is 12.0. The van der Waals surface area contributed by atoms with Crippen molar-refractivity contribution in [1.82, 2.24) is 9.97 Å². The summed E-state index contributed by atoms with van der Waals surface area (Å²) in [6.07, 6.45) is 3.42. The van der Waals surface area contributed by atoms with E-state index in [9.17, 15) is 4.79 Å². The van der Waals surface area contributed by atoms with Crippen LogP contribution in [0.1, 0.15) is 16.8 Å². The van der Waals surface area contributed by atoms with Crippen molar-refractivity contribution in [2.75, 3.05) is 11.9 Å². The summed E-state index contributed by atoms with van der Waals surface area (Å²) in [4.78, 5) is 20.2. The Morgan fingerprint density at radius 3 is 2.95 bits per heavy atom. The zero-order valence-corrected chi connectivity index (χ0v) is 11.6. The van der Waals surface area contributed by atoms with Gasteiger partial charge in [0.15, 0.2) is 0 Å². The molecule has 5 heteroatoms. The van der Waals surface area contributed by atoms with Gasteiger partial charge in [-0.2, -0.15) is 0 Å². The van der Waals surface area contributed by atoms with E-state index in [1.54, 1.807) is 24.5 Å². The Bertz CT molecular complexity index is 702. The number of aliphatic hydroxyl groups excluding tert-OH is 1. The normalized spacial score (nSPS) is 9.62. The molecule has 0 fully saturated rings. The van der Waals surface area contributed by atoms with Gasteiger partial charge in [-0.25, -0.2) is 4.98 Å². The van der Waals surface area contributed by atoms with Crippen LogP contribution in [0, 0.1) is 18.8 Å². The molecule has 2 N–H and O–H groups in total. The van der Waals surface area contributed by atoms with Crippen LogP contribution in [0.4, 0.5) is 5.82 Å². The average molecular weight is 281 g/mol. The van der Waals surface area contributed by atoms with Gasteiger partial charge in [0.1, 0.15) is 12.4 Å². The molecule has 0 atom stereocenters. The van der Waals surface area contributed by atoms with Crippen LogP contribution in [-0.4, -0.2) is 27.6 Å². The molecule has 0 aliphatic heterocycles. The SMILES string of the molecule is Cc1cccnc1CC(=O)Nc1cc(C#CCO)ccn1. The van der Waals surface area contributed by atoms with Gasteiger partial charge in [-0.3, -0.25) is 9.78 Å². The van der Waals surface area contributed by atoms with Crippen LogP contribution in [-0.2, 0) is 11.2 Å². The molecule has 2 heterocycles. The number of nitrogens with one attached hydrogen (secondary N) is 1. The topological polar surface area (TPSA) is 75.1 Å². The minimum absolute atomic E-state index is 0.184. The van der Waals surface area contributed by atoms with E-state index < -0.39 is 0 Å². The first-order chi connectivity index (χ1) is 10.2. The molecule has 0 aliphatic rings. The van der Waals surface area contributed by atoms with Crippen molar-refractivity contribution in [1.29, 1.82) is 0 Å². The molecule has 0 spiro atoms. The summed E-state index contributed by atoms with van der Waals surface area (Å²) >= 11 is 0. The number of amides is 1. The van der Waals surface area contributed by atoms with Crippen LogP contribution in [0.25, 0.3) is 0 Å². The van der Waals surface area contributed by atoms with Crippen LogP contribution < -0.4 is 5.32 Å². The molecule has 21 heavy (non-hydrogen) atoms. The maximum Gasteiger partial charge on any atom is 0.231 e. The minimum Gasteiger partial charge on any atom is -0.384 e. The third-order valence-electron chi connectivity index (χ3n) is 2.79. The van der Waals surface area contributed by atoms with E-state index in [1.165, 1.54) is 0 Å². The predicted octanol–water partition coefficient (Wildman–Crippen LogP) is 1.31. The number of nitrogens with zero attached hydrogens (tertiary/aromatic N) is 2. The summed E-state index contributed by atoms with van der Waals surface area (Å²) in [5, 5.41) is 11.4. The maximum absolute atomic E-state index is 12.0. The first kappa shape index (κ1) is 14.7. The van der Waals surface area contributed by atoms with Crippen molar-refractivity contribution < 1.29 is 9.90 Å². The third-order valence-corrected chi connectivity index (χ3v) is 2.79. The van der Waals surface area contributed by atoms with Crippen molar-refractivity contribution in [3.8, 4) is 11.8 Å². The summed E-state index contributed by atoms with van der Waals surface area (Å²) in [5.74, 6) is 5.56. The van der Waals surface area contributed by atoms with E-state index in [0.29, 0.717) is 11.4 Å². The zero-order valence-electron chi connectivity index (χ0n) is 11.6. The molecule has 0 saturated carbocycles. The lowest BCUT2D eigenvalue weighted by Gasteiger charge is -2.06. The number of aliphatic hydroxyl groups is 1. The number of carbonyl (C=O) groups is 1. The Hall–Kier alpha value is -2.71. The monoisotopic (exact) mass is 281 g/mol. The molecule has 0 radical (unpaired) electrons. The molecule has 0 saturated heterocycles. The Labute approximate surface area is 123 Å². The summed E-state index contributed by atoms with van der Waals surface area (Å²) in [6, 6.07) is 7.12. The van der Waals surface area contributed by atoms with Crippen molar-refractivity contribution in [2.24, 2.45) is 0 Å². The minimum atomic E-state index is -0.205. The van der Waals surface area contributed by atoms with Gasteiger partial charge in [0, 0.05) is 18.0 Å². The van der Waals surface area contributed by atoms with Crippen molar-refractivity contribution in [3.05, 3.63) is 53.5 Å². The van der Waals surface area contributed by atoms with E-state index >= 15 is 0 Å². The Balaban J connectivity index is 2.04. The highest BCUT2D eigenvalue weighted by atomic mass is 16.2. The standard InChI is InChI=1S/C16H15N3O2/c1-12-4-2-7-17-14(12)11-16(21)19-15-10-13(5-3-9-20)6-8-18-15/h2,4,6-8,10,20H,9,11H2,1H3,(H,18,19,21). The highest BCUT2D eigenvalue weighted by molar-refractivity contribution is 5.91. The van der Waals surface area contributed by atoms with Gasteiger partial charge < -0.3 is 10.4 Å². The first-order valence-corrected chi connectivity index (χ1v) is 6.45. The van der Waals surface area contributed by atoms with Gasteiger partial charge in [0.25, 0.3) is 0 Å². The van der Waals surface area contributed by atoms with Gasteiger partial charge in [-0.15, -0.1) is 0 Å². The number of anilines is 1. The number of pyridine rings is 2. The van der Waals surface area contributed by atoms with Crippen molar-refractivity contribution in [3.63, 3.8) is 0 Å². The summed E-state index contributed by atoms with van der Waals surface area (Å²) in [7, 11) is 0. The largest absolute Gasteiger partial charge is 0.384 e. The zero-order chi connectivity index (χ0) is 15.1. The molecule has 0 bridgehead atoms. The summed E-state index contributed by atoms with van der Waals surface area (Å²) in [6.45, 7) is 1.71.